The Morgan fingerprint density at radius 3 is 2.23 bits per heavy atom. The Labute approximate surface area is 174 Å². The number of nitrogens with zero attached hydrogens (tertiary/aromatic N) is 1. The molecule has 2 N–H and O–H groups in total. The quantitative estimate of drug-likeness (QED) is 0.604. The Morgan fingerprint density at radius 1 is 1.10 bits per heavy atom. The molecule has 0 saturated carbocycles. The molecule has 0 bridgehead atoms. The van der Waals surface area contributed by atoms with E-state index < -0.39 is 19.3 Å². The summed E-state index contributed by atoms with van der Waals surface area (Å²) in [7, 11) is -3.92. The number of nitrogens with two attached hydrogens (primary N) is 1. The summed E-state index contributed by atoms with van der Waals surface area (Å²) < 4.78 is 44.0. The molecule has 1 unspecified atom stereocenters. The van der Waals surface area contributed by atoms with E-state index in [1.807, 2.05) is 30.3 Å². The van der Waals surface area contributed by atoms with Crippen LogP contribution in [0.4, 0.5) is 4.39 Å². The molecule has 3 rings (SSSR count). The van der Waals surface area contributed by atoms with Crippen molar-refractivity contribution in [2.45, 2.75) is 19.8 Å². The van der Waals surface area contributed by atoms with Gasteiger partial charge in [-0.15, -0.1) is 0 Å². The molecule has 1 aliphatic rings. The molecule has 1 heterocycles. The van der Waals surface area contributed by atoms with Crippen LogP contribution < -0.4 is 5.73 Å². The molecule has 2 aromatic rings. The molecule has 0 aromatic heterocycles. The maximum atomic E-state index is 13.7. The average molecular weight is 428 g/mol. The second-order valence-corrected chi connectivity index (χ2v) is 8.31. The Bertz CT molecular complexity index is 1050. The number of benzene rings is 2. The summed E-state index contributed by atoms with van der Waals surface area (Å²) in [4.78, 5) is 0. The number of allylic oxidation sites excluding steroid dienone is 2. The van der Waals surface area contributed by atoms with Gasteiger partial charge in [-0.1, -0.05) is 42.5 Å². The standard InChI is InChI=1S/C22H22FN2O4P/c1-3-27-30(26,28-4-2)22-20(16-10-12-17(23)13-11-16)19(15-8-6-5-7-9-15)18(14-24)21(25)29-22/h5-13,19H,3-4,25H2,1-2H3. The molecule has 0 aliphatic carbocycles. The van der Waals surface area contributed by atoms with Gasteiger partial charge in [-0.2, -0.15) is 5.26 Å². The summed E-state index contributed by atoms with van der Waals surface area (Å²) in [5, 5.41) is 9.82. The molecule has 1 atom stereocenters. The number of hydrogen-bond acceptors (Lipinski definition) is 6. The normalized spacial score (nSPS) is 16.9. The largest absolute Gasteiger partial charge is 0.432 e. The summed E-state index contributed by atoms with van der Waals surface area (Å²) in [5.74, 6) is -1.30. The Balaban J connectivity index is 2.36. The van der Waals surface area contributed by atoms with Crippen molar-refractivity contribution in [3.63, 3.8) is 0 Å². The van der Waals surface area contributed by atoms with Gasteiger partial charge < -0.3 is 19.5 Å². The van der Waals surface area contributed by atoms with Crippen LogP contribution in [0.3, 0.4) is 0 Å². The molecule has 6 nitrogen and oxygen atoms in total. The molecule has 30 heavy (non-hydrogen) atoms. The molecule has 8 heteroatoms. The predicted octanol–water partition coefficient (Wildman–Crippen LogP) is 5.27. The maximum Gasteiger partial charge on any atom is 0.396 e. The highest BCUT2D eigenvalue weighted by Gasteiger charge is 2.43. The van der Waals surface area contributed by atoms with Crippen molar-refractivity contribution in [3.8, 4) is 6.07 Å². The lowest BCUT2D eigenvalue weighted by molar-refractivity contribution is 0.199. The second kappa shape index (κ2) is 9.27. The predicted molar refractivity (Wildman–Crippen MR) is 111 cm³/mol. The van der Waals surface area contributed by atoms with Crippen molar-refractivity contribution in [1.29, 1.82) is 5.26 Å². The van der Waals surface area contributed by atoms with Gasteiger partial charge in [0, 0.05) is 5.57 Å². The van der Waals surface area contributed by atoms with E-state index in [-0.39, 0.29) is 30.2 Å². The summed E-state index contributed by atoms with van der Waals surface area (Å²) in [6.45, 7) is 3.57. The SMILES string of the molecule is CCOP(=O)(OCC)C1=C(c2ccc(F)cc2)C(c2ccccc2)C(C#N)=C(N)O1. The number of rotatable bonds is 7. The van der Waals surface area contributed by atoms with E-state index in [0.717, 1.165) is 5.56 Å². The van der Waals surface area contributed by atoms with Gasteiger partial charge in [0.1, 0.15) is 17.5 Å². The molecule has 0 radical (unpaired) electrons. The highest BCUT2D eigenvalue weighted by atomic mass is 31.2. The van der Waals surface area contributed by atoms with E-state index in [1.165, 1.54) is 24.3 Å². The number of hydrogen-bond donors (Lipinski definition) is 1. The first-order valence-electron chi connectivity index (χ1n) is 9.47. The van der Waals surface area contributed by atoms with Crippen LogP contribution >= 0.6 is 7.60 Å². The molecule has 2 aromatic carbocycles. The number of ether oxygens (including phenoxy) is 1. The van der Waals surface area contributed by atoms with Crippen molar-refractivity contribution in [2.24, 2.45) is 5.73 Å². The van der Waals surface area contributed by atoms with E-state index in [9.17, 15) is 14.2 Å². The lowest BCUT2D eigenvalue weighted by Crippen LogP contribution is -2.21. The summed E-state index contributed by atoms with van der Waals surface area (Å²) in [5.41, 5.74) is 7.76. The van der Waals surface area contributed by atoms with Crippen LogP contribution in [-0.2, 0) is 18.3 Å². The molecule has 0 spiro atoms. The Hall–Kier alpha value is -2.91. The van der Waals surface area contributed by atoms with E-state index in [1.54, 1.807) is 13.8 Å². The van der Waals surface area contributed by atoms with Gasteiger partial charge >= 0.3 is 7.60 Å². The highest BCUT2D eigenvalue weighted by Crippen LogP contribution is 2.63. The smallest absolute Gasteiger partial charge is 0.396 e. The van der Waals surface area contributed by atoms with Crippen molar-refractivity contribution < 1.29 is 22.7 Å². The van der Waals surface area contributed by atoms with Crippen LogP contribution in [0.1, 0.15) is 30.9 Å². The van der Waals surface area contributed by atoms with Crippen molar-refractivity contribution in [1.82, 2.24) is 0 Å². The van der Waals surface area contributed by atoms with Gasteiger partial charge in [-0.05, 0) is 37.1 Å². The minimum Gasteiger partial charge on any atom is -0.432 e. The van der Waals surface area contributed by atoms with E-state index in [2.05, 4.69) is 6.07 Å². The zero-order chi connectivity index (χ0) is 21.7. The topological polar surface area (TPSA) is 94.6 Å². The zero-order valence-electron chi connectivity index (χ0n) is 16.7. The fraction of sp³-hybridized carbons (Fsp3) is 0.227. The first-order chi connectivity index (χ1) is 14.4. The van der Waals surface area contributed by atoms with E-state index in [0.29, 0.717) is 11.1 Å². The van der Waals surface area contributed by atoms with Crippen molar-refractivity contribution in [3.05, 3.63) is 88.5 Å². The fourth-order valence-electron chi connectivity index (χ4n) is 3.34. The lowest BCUT2D eigenvalue weighted by atomic mass is 9.81. The van der Waals surface area contributed by atoms with Crippen LogP contribution in [0.25, 0.3) is 5.57 Å². The summed E-state index contributed by atoms with van der Waals surface area (Å²) in [6, 6.07) is 16.9. The van der Waals surface area contributed by atoms with Crippen molar-refractivity contribution >= 4 is 13.2 Å². The number of halogens is 1. The van der Waals surface area contributed by atoms with Crippen LogP contribution in [0.15, 0.2) is 71.6 Å². The van der Waals surface area contributed by atoms with Crippen LogP contribution in [0.2, 0.25) is 0 Å². The molecular formula is C22H22FN2O4P. The number of nitriles is 1. The molecule has 0 amide bonds. The Kier molecular flexibility index (Phi) is 6.73. The molecular weight excluding hydrogens is 406 g/mol. The monoisotopic (exact) mass is 428 g/mol. The van der Waals surface area contributed by atoms with Gasteiger partial charge in [0.05, 0.1) is 19.1 Å². The molecule has 0 fully saturated rings. The first-order valence-corrected chi connectivity index (χ1v) is 11.0. The molecule has 156 valence electrons. The Morgan fingerprint density at radius 2 is 1.70 bits per heavy atom. The van der Waals surface area contributed by atoms with Crippen LogP contribution in [0.5, 0.6) is 0 Å². The van der Waals surface area contributed by atoms with Gasteiger partial charge in [0.15, 0.2) is 0 Å². The van der Waals surface area contributed by atoms with Crippen LogP contribution in [0, 0.1) is 17.1 Å². The minimum absolute atomic E-state index is 0.0943. The third-order valence-electron chi connectivity index (χ3n) is 4.54. The van der Waals surface area contributed by atoms with E-state index >= 15 is 0 Å². The van der Waals surface area contributed by atoms with Gasteiger partial charge in [0.25, 0.3) is 0 Å². The van der Waals surface area contributed by atoms with Gasteiger partial charge in [0.2, 0.25) is 11.4 Å². The second-order valence-electron chi connectivity index (χ2n) is 6.39. The average Bonchev–Trinajstić information content (AvgIpc) is 2.74. The summed E-state index contributed by atoms with van der Waals surface area (Å²) >= 11 is 0. The third kappa shape index (κ3) is 4.17. The molecule has 1 aliphatic heterocycles. The summed E-state index contributed by atoms with van der Waals surface area (Å²) in [6.07, 6.45) is 0. The lowest BCUT2D eigenvalue weighted by Gasteiger charge is -2.32. The van der Waals surface area contributed by atoms with Gasteiger partial charge in [-0.25, -0.2) is 4.39 Å². The minimum atomic E-state index is -3.92. The highest BCUT2D eigenvalue weighted by molar-refractivity contribution is 7.58. The molecule has 0 saturated heterocycles. The van der Waals surface area contributed by atoms with E-state index in [4.69, 9.17) is 19.5 Å². The third-order valence-corrected chi connectivity index (χ3v) is 6.56. The maximum absolute atomic E-state index is 13.7. The van der Waals surface area contributed by atoms with Crippen LogP contribution in [-0.4, -0.2) is 13.2 Å². The zero-order valence-corrected chi connectivity index (χ0v) is 17.6. The van der Waals surface area contributed by atoms with Gasteiger partial charge in [-0.3, -0.25) is 4.57 Å². The fourth-order valence-corrected chi connectivity index (χ4v) is 5.09. The van der Waals surface area contributed by atoms with Crippen molar-refractivity contribution in [2.75, 3.05) is 13.2 Å². The first kappa shape index (κ1) is 21.8.